The Hall–Kier alpha value is -1.53. The molecule has 0 bridgehead atoms. The van der Waals surface area contributed by atoms with E-state index in [-0.39, 0.29) is 17.4 Å². The number of hydrogen-bond donors (Lipinski definition) is 2. The van der Waals surface area contributed by atoms with Crippen LogP contribution < -0.4 is 5.32 Å². The van der Waals surface area contributed by atoms with Gasteiger partial charge in [-0.1, -0.05) is 26.3 Å². The summed E-state index contributed by atoms with van der Waals surface area (Å²) in [4.78, 5) is 0. The van der Waals surface area contributed by atoms with E-state index in [2.05, 4.69) is 43.4 Å². The summed E-state index contributed by atoms with van der Waals surface area (Å²) in [6.45, 7) is 4.38. The maximum absolute atomic E-state index is 10.3. The van der Waals surface area contributed by atoms with Crippen LogP contribution in [0.25, 0.3) is 0 Å². The van der Waals surface area contributed by atoms with Crippen molar-refractivity contribution in [2.45, 2.75) is 63.5 Å². The number of anilines is 1. The van der Waals surface area contributed by atoms with Crippen molar-refractivity contribution in [3.63, 3.8) is 0 Å². The topological polar surface area (TPSA) is 56.0 Å². The van der Waals surface area contributed by atoms with Crippen molar-refractivity contribution in [3.8, 4) is 6.07 Å². The molecule has 3 rings (SSSR count). The maximum atomic E-state index is 10.3. The minimum absolute atomic E-state index is 0.0595. The quantitative estimate of drug-likeness (QED) is 0.866. The smallest absolute Gasteiger partial charge is 0.0802 e. The predicted molar refractivity (Wildman–Crippen MR) is 84.0 cm³/mol. The lowest BCUT2D eigenvalue weighted by Gasteiger charge is -2.27. The number of nitrogens with zero attached hydrogens (tertiary/aromatic N) is 1. The fourth-order valence-corrected chi connectivity index (χ4v) is 3.92. The summed E-state index contributed by atoms with van der Waals surface area (Å²) < 4.78 is 0. The van der Waals surface area contributed by atoms with Crippen molar-refractivity contribution in [2.24, 2.45) is 5.92 Å². The van der Waals surface area contributed by atoms with Crippen molar-refractivity contribution in [2.75, 3.05) is 5.32 Å². The molecule has 1 saturated carbocycles. The maximum Gasteiger partial charge on any atom is 0.0802 e. The van der Waals surface area contributed by atoms with Crippen LogP contribution in [0.15, 0.2) is 18.2 Å². The summed E-state index contributed by atoms with van der Waals surface area (Å²) in [7, 11) is 0. The molecule has 3 nitrogen and oxygen atoms in total. The first-order chi connectivity index (χ1) is 9.99. The van der Waals surface area contributed by atoms with Crippen molar-refractivity contribution < 1.29 is 5.11 Å². The molecule has 0 saturated heterocycles. The summed E-state index contributed by atoms with van der Waals surface area (Å²) in [5.74, 6) is 0.190. The first kappa shape index (κ1) is 14.4. The third-order valence-electron chi connectivity index (χ3n) is 5.07. The highest BCUT2D eigenvalue weighted by atomic mass is 16.3. The molecule has 3 atom stereocenters. The fraction of sp³-hybridized carbons (Fsp3) is 0.611. The van der Waals surface area contributed by atoms with Crippen LogP contribution in [0.1, 0.15) is 63.2 Å². The Morgan fingerprint density at radius 1 is 1.33 bits per heavy atom. The zero-order valence-corrected chi connectivity index (χ0v) is 12.9. The number of benzene rings is 1. The van der Waals surface area contributed by atoms with Gasteiger partial charge in [0.25, 0.3) is 0 Å². The fourth-order valence-electron chi connectivity index (χ4n) is 3.92. The molecule has 0 unspecified atom stereocenters. The van der Waals surface area contributed by atoms with Gasteiger partial charge in [0.15, 0.2) is 0 Å². The molecule has 0 aromatic heterocycles. The van der Waals surface area contributed by atoms with Crippen molar-refractivity contribution in [1.29, 1.82) is 5.26 Å². The number of nitrogens with one attached hydrogen (secondary N) is 1. The summed E-state index contributed by atoms with van der Waals surface area (Å²) in [5.41, 5.74) is 3.47. The van der Waals surface area contributed by atoms with Crippen molar-refractivity contribution in [1.82, 2.24) is 0 Å². The molecular weight excluding hydrogens is 260 g/mol. The van der Waals surface area contributed by atoms with Crippen molar-refractivity contribution >= 4 is 5.69 Å². The number of hydrogen-bond acceptors (Lipinski definition) is 3. The van der Waals surface area contributed by atoms with E-state index in [4.69, 9.17) is 5.26 Å². The van der Waals surface area contributed by atoms with Gasteiger partial charge in [-0.15, -0.1) is 0 Å². The number of aliphatic hydroxyl groups is 1. The molecule has 2 aliphatic rings. The van der Waals surface area contributed by atoms with Crippen molar-refractivity contribution in [3.05, 3.63) is 29.3 Å². The van der Waals surface area contributed by atoms with Gasteiger partial charge in [-0.2, -0.15) is 5.26 Å². The molecular formula is C18H24N2O. The minimum atomic E-state index is -0.352. The molecule has 0 spiro atoms. The molecule has 2 N–H and O–H groups in total. The van der Waals surface area contributed by atoms with E-state index in [0.717, 1.165) is 43.4 Å². The van der Waals surface area contributed by atoms with E-state index < -0.39 is 0 Å². The Morgan fingerprint density at radius 3 is 2.90 bits per heavy atom. The molecule has 1 aromatic rings. The predicted octanol–water partition coefficient (Wildman–Crippen LogP) is 3.90. The van der Waals surface area contributed by atoms with Gasteiger partial charge in [0, 0.05) is 17.6 Å². The van der Waals surface area contributed by atoms with Crippen LogP contribution in [0.2, 0.25) is 0 Å². The number of rotatable bonds is 2. The lowest BCUT2D eigenvalue weighted by molar-refractivity contribution is 0.161. The largest absolute Gasteiger partial charge is 0.388 e. The van der Waals surface area contributed by atoms with Gasteiger partial charge < -0.3 is 10.4 Å². The van der Waals surface area contributed by atoms with Gasteiger partial charge in [0.1, 0.15) is 0 Å². The summed E-state index contributed by atoms with van der Waals surface area (Å²) in [6.07, 6.45) is 4.66. The van der Waals surface area contributed by atoms with Crippen LogP contribution in [0.3, 0.4) is 0 Å². The van der Waals surface area contributed by atoms with Crippen LogP contribution >= 0.6 is 0 Å². The highest BCUT2D eigenvalue weighted by Crippen LogP contribution is 2.45. The lowest BCUT2D eigenvalue weighted by atomic mass is 9.86. The Bertz CT molecular complexity index is 573. The van der Waals surface area contributed by atoms with Gasteiger partial charge in [-0.05, 0) is 54.4 Å². The number of fused-ring (bicyclic) bond motifs is 1. The molecule has 112 valence electrons. The van der Waals surface area contributed by atoms with E-state index in [1.165, 1.54) is 5.56 Å². The van der Waals surface area contributed by atoms with Gasteiger partial charge in [0.2, 0.25) is 0 Å². The molecule has 0 heterocycles. The summed E-state index contributed by atoms with van der Waals surface area (Å²) in [6, 6.07) is 9.15. The highest BCUT2D eigenvalue weighted by molar-refractivity contribution is 5.53. The second kappa shape index (κ2) is 5.35. The first-order valence-corrected chi connectivity index (χ1v) is 7.98. The van der Waals surface area contributed by atoms with Gasteiger partial charge in [0.05, 0.1) is 12.2 Å². The van der Waals surface area contributed by atoms with E-state index in [0.29, 0.717) is 6.04 Å². The van der Waals surface area contributed by atoms with Crippen LogP contribution in [0, 0.1) is 17.2 Å². The second-order valence-corrected chi connectivity index (χ2v) is 7.24. The zero-order chi connectivity index (χ0) is 15.0. The van der Waals surface area contributed by atoms with Gasteiger partial charge >= 0.3 is 0 Å². The number of nitriles is 1. The third kappa shape index (κ3) is 2.78. The van der Waals surface area contributed by atoms with Crippen LogP contribution in [0.5, 0.6) is 0 Å². The van der Waals surface area contributed by atoms with E-state index >= 15 is 0 Å². The Kier molecular flexibility index (Phi) is 3.67. The average Bonchev–Trinajstić information content (AvgIpc) is 2.69. The second-order valence-electron chi connectivity index (χ2n) is 7.24. The minimum Gasteiger partial charge on any atom is -0.388 e. The molecule has 0 amide bonds. The van der Waals surface area contributed by atoms with Gasteiger partial charge in [-0.25, -0.2) is 0 Å². The Labute approximate surface area is 127 Å². The molecule has 1 aromatic carbocycles. The van der Waals surface area contributed by atoms with E-state index in [9.17, 15) is 5.11 Å². The summed E-state index contributed by atoms with van der Waals surface area (Å²) >= 11 is 0. The normalized spacial score (nSPS) is 30.5. The van der Waals surface area contributed by atoms with Crippen LogP contribution in [-0.2, 0) is 5.41 Å². The van der Waals surface area contributed by atoms with E-state index in [1.807, 2.05) is 0 Å². The first-order valence-electron chi connectivity index (χ1n) is 7.98. The monoisotopic (exact) mass is 284 g/mol. The Morgan fingerprint density at radius 2 is 2.14 bits per heavy atom. The molecule has 2 aliphatic carbocycles. The van der Waals surface area contributed by atoms with Gasteiger partial charge in [-0.3, -0.25) is 0 Å². The lowest BCUT2D eigenvalue weighted by Crippen LogP contribution is -2.26. The molecule has 3 heteroatoms. The third-order valence-corrected chi connectivity index (χ3v) is 5.07. The summed E-state index contributed by atoms with van der Waals surface area (Å²) in [5, 5.41) is 22.9. The highest BCUT2D eigenvalue weighted by Gasteiger charge is 2.36. The molecule has 0 aliphatic heterocycles. The van der Waals surface area contributed by atoms with Crippen LogP contribution in [-0.4, -0.2) is 11.1 Å². The molecule has 1 fully saturated rings. The Balaban J connectivity index is 1.76. The standard InChI is InChI=1S/C18H24N2O/c1-18(2)10-17(21)15-9-14(6-7-16(15)18)20-13-5-3-4-12(8-13)11-19/h6-7,9,12-13,17,20-21H,3-5,8,10H2,1-2H3/t12-,13-,17-/m0/s1. The van der Waals surface area contributed by atoms with Crippen LogP contribution in [0.4, 0.5) is 5.69 Å². The zero-order valence-electron chi connectivity index (χ0n) is 12.9. The number of aliphatic hydroxyl groups excluding tert-OH is 1. The average molecular weight is 284 g/mol. The molecule has 21 heavy (non-hydrogen) atoms. The molecule has 0 radical (unpaired) electrons. The van der Waals surface area contributed by atoms with E-state index in [1.54, 1.807) is 0 Å². The SMILES string of the molecule is CC1(C)C[C@H](O)c2cc(N[C@H]3CCC[C@H](C#N)C3)ccc21.